The number of rotatable bonds is 8. The van der Waals surface area contributed by atoms with Crippen LogP contribution in [-0.2, 0) is 10.0 Å². The SMILES string of the molecule is CCCCS(=O)(=O)N1CCC(CNc2nccc(C(F)F)n2)C1. The van der Waals surface area contributed by atoms with Crippen LogP contribution in [-0.4, -0.2) is 48.1 Å². The Morgan fingerprint density at radius 2 is 2.26 bits per heavy atom. The van der Waals surface area contributed by atoms with Crippen molar-refractivity contribution in [2.24, 2.45) is 5.92 Å². The second-order valence-electron chi connectivity index (χ2n) is 5.67. The molecule has 1 fully saturated rings. The molecule has 1 N–H and O–H groups in total. The molecule has 9 heteroatoms. The van der Waals surface area contributed by atoms with Gasteiger partial charge in [-0.25, -0.2) is 31.5 Å². The fourth-order valence-corrected chi connectivity index (χ4v) is 4.22. The third-order valence-corrected chi connectivity index (χ3v) is 5.77. The summed E-state index contributed by atoms with van der Waals surface area (Å²) in [6.45, 7) is 3.39. The maximum absolute atomic E-state index is 12.6. The van der Waals surface area contributed by atoms with Gasteiger partial charge in [0.05, 0.1) is 5.75 Å². The van der Waals surface area contributed by atoms with Crippen LogP contribution in [0.2, 0.25) is 0 Å². The zero-order valence-electron chi connectivity index (χ0n) is 13.1. The molecule has 1 aromatic rings. The van der Waals surface area contributed by atoms with Crippen LogP contribution in [0.15, 0.2) is 12.3 Å². The summed E-state index contributed by atoms with van der Waals surface area (Å²) in [6.07, 6.45) is 0.899. The molecule has 0 bridgehead atoms. The van der Waals surface area contributed by atoms with Gasteiger partial charge in [-0.05, 0) is 24.8 Å². The van der Waals surface area contributed by atoms with Crippen molar-refractivity contribution in [1.82, 2.24) is 14.3 Å². The zero-order chi connectivity index (χ0) is 16.9. The number of halogens is 2. The average molecular weight is 348 g/mol. The minimum atomic E-state index is -3.18. The van der Waals surface area contributed by atoms with Gasteiger partial charge in [0.2, 0.25) is 16.0 Å². The summed E-state index contributed by atoms with van der Waals surface area (Å²) in [7, 11) is -3.18. The number of hydrogen-bond acceptors (Lipinski definition) is 5. The topological polar surface area (TPSA) is 75.2 Å². The lowest BCUT2D eigenvalue weighted by atomic mass is 10.1. The van der Waals surface area contributed by atoms with Crippen LogP contribution in [0.3, 0.4) is 0 Å². The van der Waals surface area contributed by atoms with Crippen LogP contribution in [0, 0.1) is 5.92 Å². The van der Waals surface area contributed by atoms with Crippen molar-refractivity contribution in [2.75, 3.05) is 30.7 Å². The predicted molar refractivity (Wildman–Crippen MR) is 83.9 cm³/mol. The second kappa shape index (κ2) is 7.96. The fourth-order valence-electron chi connectivity index (χ4n) is 2.49. The summed E-state index contributed by atoms with van der Waals surface area (Å²) in [6, 6.07) is 1.17. The number of aromatic nitrogens is 2. The molecule has 1 saturated heterocycles. The van der Waals surface area contributed by atoms with Crippen molar-refractivity contribution in [3.63, 3.8) is 0 Å². The van der Waals surface area contributed by atoms with E-state index in [-0.39, 0.29) is 23.3 Å². The molecule has 0 amide bonds. The molecule has 1 unspecified atom stereocenters. The van der Waals surface area contributed by atoms with Gasteiger partial charge in [0.15, 0.2) is 0 Å². The van der Waals surface area contributed by atoms with Crippen molar-refractivity contribution in [1.29, 1.82) is 0 Å². The highest BCUT2D eigenvalue weighted by Gasteiger charge is 2.30. The van der Waals surface area contributed by atoms with Gasteiger partial charge in [-0.3, -0.25) is 0 Å². The lowest BCUT2D eigenvalue weighted by Gasteiger charge is -2.16. The van der Waals surface area contributed by atoms with Gasteiger partial charge in [-0.15, -0.1) is 0 Å². The first kappa shape index (κ1) is 18.0. The van der Waals surface area contributed by atoms with Gasteiger partial charge in [0.25, 0.3) is 6.43 Å². The molecule has 1 aliphatic heterocycles. The van der Waals surface area contributed by atoms with E-state index in [1.807, 2.05) is 6.92 Å². The first-order valence-electron chi connectivity index (χ1n) is 7.75. The highest BCUT2D eigenvalue weighted by molar-refractivity contribution is 7.89. The maximum atomic E-state index is 12.6. The monoisotopic (exact) mass is 348 g/mol. The molecule has 1 aromatic heterocycles. The fraction of sp³-hybridized carbons (Fsp3) is 0.714. The third kappa shape index (κ3) is 5.07. The largest absolute Gasteiger partial charge is 0.354 e. The highest BCUT2D eigenvalue weighted by Crippen LogP contribution is 2.21. The van der Waals surface area contributed by atoms with E-state index in [1.165, 1.54) is 16.6 Å². The van der Waals surface area contributed by atoms with Crippen LogP contribution in [0.5, 0.6) is 0 Å². The summed E-state index contributed by atoms with van der Waals surface area (Å²) in [5.41, 5.74) is -0.322. The molecule has 0 spiro atoms. The van der Waals surface area contributed by atoms with E-state index in [2.05, 4.69) is 15.3 Å². The van der Waals surface area contributed by atoms with Crippen LogP contribution in [0.25, 0.3) is 0 Å². The number of sulfonamides is 1. The van der Waals surface area contributed by atoms with E-state index in [9.17, 15) is 17.2 Å². The molecule has 1 aliphatic rings. The van der Waals surface area contributed by atoms with Gasteiger partial charge < -0.3 is 5.32 Å². The number of nitrogens with one attached hydrogen (secondary N) is 1. The van der Waals surface area contributed by atoms with E-state index < -0.39 is 16.4 Å². The van der Waals surface area contributed by atoms with Gasteiger partial charge in [-0.1, -0.05) is 13.3 Å². The molecule has 6 nitrogen and oxygen atoms in total. The molecular weight excluding hydrogens is 326 g/mol. The first-order chi connectivity index (χ1) is 10.9. The molecule has 0 saturated carbocycles. The number of alkyl halides is 2. The quantitative estimate of drug-likeness (QED) is 0.780. The van der Waals surface area contributed by atoms with Gasteiger partial charge in [0, 0.05) is 25.8 Å². The normalized spacial score (nSPS) is 19.4. The molecule has 130 valence electrons. The summed E-state index contributed by atoms with van der Waals surface area (Å²) < 4.78 is 50.9. The summed E-state index contributed by atoms with van der Waals surface area (Å²) in [4.78, 5) is 7.64. The zero-order valence-corrected chi connectivity index (χ0v) is 13.9. The summed E-state index contributed by atoms with van der Waals surface area (Å²) in [5, 5.41) is 2.92. The van der Waals surface area contributed by atoms with Crippen molar-refractivity contribution in [3.05, 3.63) is 18.0 Å². The van der Waals surface area contributed by atoms with Crippen molar-refractivity contribution < 1.29 is 17.2 Å². The highest BCUT2D eigenvalue weighted by atomic mass is 32.2. The molecule has 23 heavy (non-hydrogen) atoms. The Hall–Kier alpha value is -1.35. The molecule has 0 aliphatic carbocycles. The molecular formula is C14H22F2N4O2S. The predicted octanol–water partition coefficient (Wildman–Crippen LogP) is 2.28. The van der Waals surface area contributed by atoms with E-state index in [1.54, 1.807) is 0 Å². The minimum absolute atomic E-state index is 0.130. The summed E-state index contributed by atoms with van der Waals surface area (Å²) in [5.74, 6) is 0.462. The molecule has 2 rings (SSSR count). The van der Waals surface area contributed by atoms with Crippen molar-refractivity contribution in [3.8, 4) is 0 Å². The summed E-state index contributed by atoms with van der Waals surface area (Å²) >= 11 is 0. The Bertz CT molecular complexity index is 613. The smallest absolute Gasteiger partial charge is 0.280 e. The third-order valence-electron chi connectivity index (χ3n) is 3.85. The first-order valence-corrected chi connectivity index (χ1v) is 9.36. The van der Waals surface area contributed by atoms with E-state index in [0.29, 0.717) is 26.1 Å². The van der Waals surface area contributed by atoms with Crippen LogP contribution < -0.4 is 5.32 Å². The Balaban J connectivity index is 1.85. The second-order valence-corrected chi connectivity index (χ2v) is 7.76. The van der Waals surface area contributed by atoms with E-state index >= 15 is 0 Å². The molecule has 1 atom stereocenters. The van der Waals surface area contributed by atoms with E-state index in [0.717, 1.165) is 12.8 Å². The van der Waals surface area contributed by atoms with Crippen LogP contribution in [0.1, 0.15) is 38.3 Å². The van der Waals surface area contributed by atoms with Crippen molar-refractivity contribution in [2.45, 2.75) is 32.6 Å². The standard InChI is InChI=1S/C14H22F2N4O2S/c1-2-3-8-23(21,22)20-7-5-11(10-20)9-18-14-17-6-4-12(19-14)13(15)16/h4,6,11,13H,2-3,5,7-10H2,1H3,(H,17,18,19). The number of hydrogen-bond donors (Lipinski definition) is 1. The van der Waals surface area contributed by atoms with Gasteiger partial charge in [-0.2, -0.15) is 0 Å². The van der Waals surface area contributed by atoms with Gasteiger partial charge in [0.1, 0.15) is 5.69 Å². The molecule has 0 aromatic carbocycles. The minimum Gasteiger partial charge on any atom is -0.354 e. The lowest BCUT2D eigenvalue weighted by Crippen LogP contribution is -2.31. The lowest BCUT2D eigenvalue weighted by molar-refractivity contribution is 0.146. The van der Waals surface area contributed by atoms with Gasteiger partial charge >= 0.3 is 0 Å². The van der Waals surface area contributed by atoms with Crippen LogP contribution in [0.4, 0.5) is 14.7 Å². The van der Waals surface area contributed by atoms with E-state index in [4.69, 9.17) is 0 Å². The Morgan fingerprint density at radius 1 is 1.48 bits per heavy atom. The number of nitrogens with zero attached hydrogens (tertiary/aromatic N) is 3. The molecule has 2 heterocycles. The number of unbranched alkanes of at least 4 members (excludes halogenated alkanes) is 1. The molecule has 0 radical (unpaired) electrons. The average Bonchev–Trinajstić information content (AvgIpc) is 3.01. The number of anilines is 1. The Morgan fingerprint density at radius 3 is 2.96 bits per heavy atom. The van der Waals surface area contributed by atoms with Crippen LogP contribution >= 0.6 is 0 Å². The van der Waals surface area contributed by atoms with Crippen molar-refractivity contribution >= 4 is 16.0 Å². The Labute approximate surface area is 135 Å². The maximum Gasteiger partial charge on any atom is 0.280 e. The Kier molecular flexibility index (Phi) is 6.23.